The van der Waals surface area contributed by atoms with Crippen LogP contribution < -0.4 is 10.9 Å². The Morgan fingerprint density at radius 2 is 2.25 bits per heavy atom. The molecule has 0 aromatic carbocycles. The quantitative estimate of drug-likeness (QED) is 0.890. The van der Waals surface area contributed by atoms with Crippen LogP contribution in [0.25, 0.3) is 0 Å². The summed E-state index contributed by atoms with van der Waals surface area (Å²) in [5.41, 5.74) is -1.36. The van der Waals surface area contributed by atoms with Gasteiger partial charge in [-0.3, -0.25) is 9.59 Å². The molecule has 2 aromatic rings. The number of hydrogen-bond donors (Lipinski definition) is 2. The zero-order valence-corrected chi connectivity index (χ0v) is 12.6. The lowest BCUT2D eigenvalue weighted by Gasteiger charge is -2.23. The highest BCUT2D eigenvalue weighted by atomic mass is 19.4. The molecule has 3 rings (SSSR count). The Labute approximate surface area is 134 Å². The van der Waals surface area contributed by atoms with Crippen molar-refractivity contribution < 1.29 is 18.0 Å². The molecule has 9 heteroatoms. The second-order valence-corrected chi connectivity index (χ2v) is 5.72. The summed E-state index contributed by atoms with van der Waals surface area (Å²) in [7, 11) is 0. The molecule has 6 nitrogen and oxygen atoms in total. The average molecular weight is 340 g/mol. The summed E-state index contributed by atoms with van der Waals surface area (Å²) in [5.74, 6) is -0.104. The maximum absolute atomic E-state index is 12.7. The van der Waals surface area contributed by atoms with E-state index in [4.69, 9.17) is 0 Å². The number of carbonyl (C=O) groups is 1. The number of nitrogens with one attached hydrogen (secondary N) is 2. The molecular weight excluding hydrogens is 325 g/mol. The first-order valence-corrected chi connectivity index (χ1v) is 7.43. The van der Waals surface area contributed by atoms with Crippen LogP contribution in [0.3, 0.4) is 0 Å². The lowest BCUT2D eigenvalue weighted by Crippen LogP contribution is -2.35. The van der Waals surface area contributed by atoms with Gasteiger partial charge in [0, 0.05) is 31.9 Å². The molecule has 128 valence electrons. The molecule has 0 unspecified atom stereocenters. The number of H-pyrrole nitrogens is 1. The van der Waals surface area contributed by atoms with Gasteiger partial charge in [0.15, 0.2) is 5.69 Å². The van der Waals surface area contributed by atoms with Crippen molar-refractivity contribution in [2.75, 3.05) is 6.54 Å². The number of fused-ring (bicyclic) bond motifs is 1. The minimum atomic E-state index is -4.46. The van der Waals surface area contributed by atoms with Crippen LogP contribution in [0.1, 0.15) is 28.3 Å². The number of imidazole rings is 1. The number of hydrogen-bond acceptors (Lipinski definition) is 3. The first-order valence-electron chi connectivity index (χ1n) is 7.43. The maximum atomic E-state index is 12.7. The predicted octanol–water partition coefficient (Wildman–Crippen LogP) is 1.58. The molecule has 0 saturated heterocycles. The minimum Gasteiger partial charge on any atom is -0.352 e. The number of rotatable bonds is 3. The van der Waals surface area contributed by atoms with Crippen LogP contribution >= 0.6 is 0 Å². The van der Waals surface area contributed by atoms with Crippen LogP contribution in [-0.4, -0.2) is 27.0 Å². The molecule has 0 fully saturated rings. The number of aryl methyl sites for hydroxylation is 1. The van der Waals surface area contributed by atoms with E-state index in [0.717, 1.165) is 6.20 Å². The molecule has 0 aliphatic carbocycles. The lowest BCUT2D eigenvalue weighted by atomic mass is 9.99. The SMILES string of the molecule is O=C(NC[C@@H]1CCc2nc(C(F)(F)F)cn2C1)c1ccc[nH]c1=O. The molecule has 0 saturated carbocycles. The van der Waals surface area contributed by atoms with Crippen LogP contribution in [-0.2, 0) is 19.1 Å². The third-order valence-electron chi connectivity index (χ3n) is 3.99. The average Bonchev–Trinajstić information content (AvgIpc) is 2.96. The Morgan fingerprint density at radius 3 is 2.96 bits per heavy atom. The minimum absolute atomic E-state index is 0.0102. The van der Waals surface area contributed by atoms with Crippen LogP contribution in [0.4, 0.5) is 13.2 Å². The van der Waals surface area contributed by atoms with Crippen LogP contribution in [0.5, 0.6) is 0 Å². The molecule has 0 spiro atoms. The molecule has 1 amide bonds. The van der Waals surface area contributed by atoms with E-state index in [0.29, 0.717) is 25.2 Å². The second-order valence-electron chi connectivity index (χ2n) is 5.72. The van der Waals surface area contributed by atoms with Crippen molar-refractivity contribution in [2.24, 2.45) is 5.92 Å². The number of halogens is 3. The largest absolute Gasteiger partial charge is 0.434 e. The zero-order valence-electron chi connectivity index (χ0n) is 12.6. The Kier molecular flexibility index (Phi) is 4.16. The van der Waals surface area contributed by atoms with E-state index in [-0.39, 0.29) is 18.0 Å². The lowest BCUT2D eigenvalue weighted by molar-refractivity contribution is -0.141. The molecule has 1 aliphatic heterocycles. The van der Waals surface area contributed by atoms with E-state index in [1.807, 2.05) is 0 Å². The first kappa shape index (κ1) is 16.3. The van der Waals surface area contributed by atoms with E-state index in [9.17, 15) is 22.8 Å². The van der Waals surface area contributed by atoms with E-state index < -0.39 is 23.3 Å². The van der Waals surface area contributed by atoms with Gasteiger partial charge in [-0.1, -0.05) is 0 Å². The Morgan fingerprint density at radius 1 is 1.46 bits per heavy atom. The van der Waals surface area contributed by atoms with Crippen molar-refractivity contribution in [2.45, 2.75) is 25.6 Å². The van der Waals surface area contributed by atoms with Crippen molar-refractivity contribution in [3.63, 3.8) is 0 Å². The molecule has 0 radical (unpaired) electrons. The van der Waals surface area contributed by atoms with Gasteiger partial charge >= 0.3 is 6.18 Å². The number of amides is 1. The Hall–Kier alpha value is -2.58. The summed E-state index contributed by atoms with van der Waals surface area (Å²) in [5, 5.41) is 2.66. The Bertz CT molecular complexity index is 810. The normalized spacial score (nSPS) is 17.4. The van der Waals surface area contributed by atoms with Crippen molar-refractivity contribution >= 4 is 5.91 Å². The second kappa shape index (κ2) is 6.14. The molecule has 24 heavy (non-hydrogen) atoms. The summed E-state index contributed by atoms with van der Waals surface area (Å²) < 4.78 is 39.5. The van der Waals surface area contributed by atoms with Crippen LogP contribution in [0.2, 0.25) is 0 Å². The van der Waals surface area contributed by atoms with E-state index in [1.165, 1.54) is 16.8 Å². The van der Waals surface area contributed by atoms with Crippen molar-refractivity contribution in [1.82, 2.24) is 19.9 Å². The van der Waals surface area contributed by atoms with Crippen molar-refractivity contribution in [3.05, 3.63) is 52.0 Å². The van der Waals surface area contributed by atoms with Gasteiger partial charge in [0.2, 0.25) is 0 Å². The summed E-state index contributed by atoms with van der Waals surface area (Å²) >= 11 is 0. The van der Waals surface area contributed by atoms with Crippen LogP contribution in [0, 0.1) is 5.92 Å². The first-order chi connectivity index (χ1) is 11.3. The van der Waals surface area contributed by atoms with Gasteiger partial charge < -0.3 is 14.9 Å². The number of carbonyl (C=O) groups excluding carboxylic acids is 1. The molecule has 0 bridgehead atoms. The highest BCUT2D eigenvalue weighted by Crippen LogP contribution is 2.30. The summed E-state index contributed by atoms with van der Waals surface area (Å²) in [6.07, 6.45) is -0.977. The van der Waals surface area contributed by atoms with E-state index in [2.05, 4.69) is 15.3 Å². The smallest absolute Gasteiger partial charge is 0.352 e. The summed E-state index contributed by atoms with van der Waals surface area (Å²) in [4.78, 5) is 29.6. The highest BCUT2D eigenvalue weighted by Gasteiger charge is 2.35. The van der Waals surface area contributed by atoms with Crippen molar-refractivity contribution in [1.29, 1.82) is 0 Å². The van der Waals surface area contributed by atoms with Crippen molar-refractivity contribution in [3.8, 4) is 0 Å². The summed E-state index contributed by atoms with van der Waals surface area (Å²) in [6, 6.07) is 2.96. The molecule has 3 heterocycles. The number of alkyl halides is 3. The molecule has 1 aliphatic rings. The molecule has 2 N–H and O–H groups in total. The predicted molar refractivity (Wildman–Crippen MR) is 78.4 cm³/mol. The van der Waals surface area contributed by atoms with Gasteiger partial charge in [-0.2, -0.15) is 13.2 Å². The fraction of sp³-hybridized carbons (Fsp3) is 0.400. The third kappa shape index (κ3) is 3.34. The van der Waals surface area contributed by atoms with Gasteiger partial charge in [-0.25, -0.2) is 4.98 Å². The number of aromatic amines is 1. The fourth-order valence-electron chi connectivity index (χ4n) is 2.75. The summed E-state index contributed by atoms with van der Waals surface area (Å²) in [6.45, 7) is 0.635. The zero-order chi connectivity index (χ0) is 17.3. The highest BCUT2D eigenvalue weighted by molar-refractivity contribution is 5.93. The van der Waals surface area contributed by atoms with Gasteiger partial charge in [0.25, 0.3) is 11.5 Å². The Balaban J connectivity index is 1.62. The standard InChI is InChI=1S/C15H15F3N4O2/c16-15(17,18)11-8-22-7-9(3-4-12(22)21-11)6-20-14(24)10-2-1-5-19-13(10)23/h1-2,5,8-9H,3-4,6-7H2,(H,19,23)(H,20,24)/t9-/m0/s1. The third-order valence-corrected chi connectivity index (χ3v) is 3.99. The number of nitrogens with zero attached hydrogens (tertiary/aromatic N) is 2. The fourth-order valence-corrected chi connectivity index (χ4v) is 2.75. The van der Waals surface area contributed by atoms with Gasteiger partial charge in [-0.05, 0) is 24.5 Å². The maximum Gasteiger partial charge on any atom is 0.434 e. The number of aromatic nitrogens is 3. The topological polar surface area (TPSA) is 79.8 Å². The number of pyridine rings is 1. The van der Waals surface area contributed by atoms with Gasteiger partial charge in [-0.15, -0.1) is 0 Å². The van der Waals surface area contributed by atoms with Gasteiger partial charge in [0.05, 0.1) is 0 Å². The molecular formula is C15H15F3N4O2. The van der Waals surface area contributed by atoms with E-state index in [1.54, 1.807) is 6.07 Å². The monoisotopic (exact) mass is 340 g/mol. The van der Waals surface area contributed by atoms with E-state index >= 15 is 0 Å². The van der Waals surface area contributed by atoms with Crippen LogP contribution in [0.15, 0.2) is 29.3 Å². The molecule has 1 atom stereocenters. The molecule has 2 aromatic heterocycles. The van der Waals surface area contributed by atoms with Gasteiger partial charge in [0.1, 0.15) is 11.4 Å².